The van der Waals surface area contributed by atoms with Crippen LogP contribution in [-0.2, 0) is 13.0 Å². The van der Waals surface area contributed by atoms with Crippen LogP contribution in [0, 0.1) is 6.92 Å². The van der Waals surface area contributed by atoms with Crippen molar-refractivity contribution in [3.05, 3.63) is 63.6 Å². The molecular formula is C17H18BrN. The third-order valence-electron chi connectivity index (χ3n) is 3.80. The quantitative estimate of drug-likeness (QED) is 0.775. The highest BCUT2D eigenvalue weighted by Gasteiger charge is 2.16. The number of hydrogen-bond donors (Lipinski definition) is 0. The Morgan fingerprint density at radius 2 is 2.00 bits per heavy atom. The molecule has 98 valence electrons. The maximum absolute atomic E-state index is 3.57. The first-order valence-corrected chi connectivity index (χ1v) is 7.61. The lowest BCUT2D eigenvalue weighted by Crippen LogP contribution is -2.28. The number of benzene rings is 2. The van der Waals surface area contributed by atoms with Crippen molar-refractivity contribution in [3.8, 4) is 0 Å². The van der Waals surface area contributed by atoms with Gasteiger partial charge in [0.05, 0.1) is 0 Å². The van der Waals surface area contributed by atoms with Gasteiger partial charge < -0.3 is 4.90 Å². The highest BCUT2D eigenvalue weighted by Crippen LogP contribution is 2.28. The van der Waals surface area contributed by atoms with Crippen molar-refractivity contribution < 1.29 is 0 Å². The molecule has 0 spiro atoms. The first-order chi connectivity index (χ1) is 9.24. The van der Waals surface area contributed by atoms with Gasteiger partial charge in [-0.15, -0.1) is 0 Å². The van der Waals surface area contributed by atoms with E-state index in [1.807, 2.05) is 0 Å². The van der Waals surface area contributed by atoms with Gasteiger partial charge in [-0.25, -0.2) is 0 Å². The number of rotatable bonds is 2. The molecule has 0 aromatic heterocycles. The Balaban J connectivity index is 1.86. The zero-order valence-electron chi connectivity index (χ0n) is 11.2. The van der Waals surface area contributed by atoms with Crippen LogP contribution in [0.5, 0.6) is 0 Å². The molecule has 0 N–H and O–H groups in total. The molecule has 0 fully saturated rings. The van der Waals surface area contributed by atoms with Gasteiger partial charge in [-0.05, 0) is 48.6 Å². The third kappa shape index (κ3) is 2.69. The van der Waals surface area contributed by atoms with Crippen molar-refractivity contribution in [2.75, 3.05) is 11.4 Å². The molecule has 2 aromatic carbocycles. The van der Waals surface area contributed by atoms with Crippen LogP contribution >= 0.6 is 15.9 Å². The van der Waals surface area contributed by atoms with Crippen LogP contribution in [0.2, 0.25) is 0 Å². The van der Waals surface area contributed by atoms with Crippen molar-refractivity contribution >= 4 is 21.6 Å². The van der Waals surface area contributed by atoms with Crippen LogP contribution in [0.15, 0.2) is 46.9 Å². The van der Waals surface area contributed by atoms with Gasteiger partial charge in [0.25, 0.3) is 0 Å². The Bertz CT molecular complexity index is 592. The van der Waals surface area contributed by atoms with E-state index in [1.54, 1.807) is 0 Å². The number of anilines is 1. The van der Waals surface area contributed by atoms with Crippen molar-refractivity contribution in [1.82, 2.24) is 0 Å². The van der Waals surface area contributed by atoms with E-state index in [1.165, 1.54) is 39.7 Å². The number of para-hydroxylation sites is 1. The summed E-state index contributed by atoms with van der Waals surface area (Å²) in [4.78, 5) is 2.50. The van der Waals surface area contributed by atoms with Gasteiger partial charge in [-0.3, -0.25) is 0 Å². The van der Waals surface area contributed by atoms with E-state index >= 15 is 0 Å². The van der Waals surface area contributed by atoms with E-state index in [9.17, 15) is 0 Å². The Morgan fingerprint density at radius 3 is 2.84 bits per heavy atom. The predicted octanol–water partition coefficient (Wildman–Crippen LogP) is 4.71. The molecule has 0 aliphatic carbocycles. The minimum absolute atomic E-state index is 1.01. The Kier molecular flexibility index (Phi) is 3.61. The zero-order valence-corrected chi connectivity index (χ0v) is 12.8. The molecule has 1 nitrogen and oxygen atoms in total. The molecule has 1 heterocycles. The van der Waals surface area contributed by atoms with Crippen LogP contribution in [0.1, 0.15) is 23.1 Å². The number of hydrogen-bond acceptors (Lipinski definition) is 1. The Hall–Kier alpha value is -1.28. The number of fused-ring (bicyclic) bond motifs is 1. The molecule has 0 saturated carbocycles. The van der Waals surface area contributed by atoms with Crippen molar-refractivity contribution in [1.29, 1.82) is 0 Å². The minimum atomic E-state index is 1.01. The average Bonchev–Trinajstić information content (AvgIpc) is 2.43. The predicted molar refractivity (Wildman–Crippen MR) is 84.7 cm³/mol. The summed E-state index contributed by atoms with van der Waals surface area (Å²) in [6.45, 7) is 4.31. The molecule has 3 rings (SSSR count). The minimum Gasteiger partial charge on any atom is -0.367 e. The second-order valence-corrected chi connectivity index (χ2v) is 6.09. The lowest BCUT2D eigenvalue weighted by atomic mass is 10.0. The summed E-state index contributed by atoms with van der Waals surface area (Å²) >= 11 is 3.57. The molecule has 0 saturated heterocycles. The van der Waals surface area contributed by atoms with E-state index in [0.29, 0.717) is 0 Å². The lowest BCUT2D eigenvalue weighted by Gasteiger charge is -2.31. The van der Waals surface area contributed by atoms with Gasteiger partial charge in [-0.1, -0.05) is 46.3 Å². The van der Waals surface area contributed by atoms with E-state index in [-0.39, 0.29) is 0 Å². The fourth-order valence-corrected chi connectivity index (χ4v) is 3.05. The normalized spacial score (nSPS) is 14.3. The molecule has 2 heteroatoms. The summed E-state index contributed by atoms with van der Waals surface area (Å²) in [6.07, 6.45) is 2.47. The lowest BCUT2D eigenvalue weighted by molar-refractivity contribution is 0.691. The maximum Gasteiger partial charge on any atom is 0.0429 e. The Labute approximate surface area is 123 Å². The zero-order chi connectivity index (χ0) is 13.2. The van der Waals surface area contributed by atoms with E-state index in [4.69, 9.17) is 0 Å². The van der Waals surface area contributed by atoms with Gasteiger partial charge in [0.1, 0.15) is 0 Å². The third-order valence-corrected chi connectivity index (χ3v) is 4.69. The first-order valence-electron chi connectivity index (χ1n) is 6.82. The molecule has 19 heavy (non-hydrogen) atoms. The molecule has 1 aliphatic rings. The van der Waals surface area contributed by atoms with Crippen LogP contribution < -0.4 is 4.90 Å². The molecular weight excluding hydrogens is 298 g/mol. The fraction of sp³-hybridized carbons (Fsp3) is 0.294. The molecule has 0 radical (unpaired) electrons. The molecule has 0 atom stereocenters. The first kappa shape index (κ1) is 12.7. The van der Waals surface area contributed by atoms with Crippen molar-refractivity contribution in [2.24, 2.45) is 0 Å². The molecule has 0 amide bonds. The number of nitrogens with zero attached hydrogens (tertiary/aromatic N) is 1. The van der Waals surface area contributed by atoms with Gasteiger partial charge >= 0.3 is 0 Å². The second-order valence-electron chi connectivity index (χ2n) is 5.24. The smallest absolute Gasteiger partial charge is 0.0429 e. The van der Waals surface area contributed by atoms with Gasteiger partial charge in [-0.2, -0.15) is 0 Å². The highest BCUT2D eigenvalue weighted by atomic mass is 79.9. The SMILES string of the molecule is Cc1cc(CN2CCCc3ccccc32)ccc1Br. The number of halogens is 1. The molecule has 2 aromatic rings. The topological polar surface area (TPSA) is 3.24 Å². The molecule has 1 aliphatic heterocycles. The standard InChI is InChI=1S/C17H18BrN/c1-13-11-14(8-9-16(13)18)12-19-10-4-6-15-5-2-3-7-17(15)19/h2-3,5,7-9,11H,4,6,10,12H2,1H3. The van der Waals surface area contributed by atoms with Crippen molar-refractivity contribution in [3.63, 3.8) is 0 Å². The monoisotopic (exact) mass is 315 g/mol. The van der Waals surface area contributed by atoms with Crippen LogP contribution in [0.25, 0.3) is 0 Å². The van der Waals surface area contributed by atoms with E-state index in [2.05, 4.69) is 70.2 Å². The van der Waals surface area contributed by atoms with Gasteiger partial charge in [0.15, 0.2) is 0 Å². The average molecular weight is 316 g/mol. The summed E-state index contributed by atoms with van der Waals surface area (Å²) in [6, 6.07) is 15.4. The van der Waals surface area contributed by atoms with E-state index < -0.39 is 0 Å². The number of aryl methyl sites for hydroxylation is 2. The highest BCUT2D eigenvalue weighted by molar-refractivity contribution is 9.10. The molecule has 0 bridgehead atoms. The summed E-state index contributed by atoms with van der Waals surface area (Å²) in [5.74, 6) is 0. The maximum atomic E-state index is 3.57. The van der Waals surface area contributed by atoms with Gasteiger partial charge in [0, 0.05) is 23.2 Å². The van der Waals surface area contributed by atoms with Crippen LogP contribution in [-0.4, -0.2) is 6.54 Å². The fourth-order valence-electron chi connectivity index (χ4n) is 2.80. The van der Waals surface area contributed by atoms with Crippen LogP contribution in [0.4, 0.5) is 5.69 Å². The Morgan fingerprint density at radius 1 is 1.16 bits per heavy atom. The van der Waals surface area contributed by atoms with Crippen molar-refractivity contribution in [2.45, 2.75) is 26.3 Å². The van der Waals surface area contributed by atoms with Gasteiger partial charge in [0.2, 0.25) is 0 Å². The van der Waals surface area contributed by atoms with Crippen LogP contribution in [0.3, 0.4) is 0 Å². The second kappa shape index (κ2) is 5.38. The largest absolute Gasteiger partial charge is 0.367 e. The summed E-state index contributed by atoms with van der Waals surface area (Å²) in [5.41, 5.74) is 5.59. The summed E-state index contributed by atoms with van der Waals surface area (Å²) in [5, 5.41) is 0. The van der Waals surface area contributed by atoms with E-state index in [0.717, 1.165) is 13.1 Å². The molecule has 0 unspecified atom stereocenters. The summed E-state index contributed by atoms with van der Waals surface area (Å²) < 4.78 is 1.19. The summed E-state index contributed by atoms with van der Waals surface area (Å²) in [7, 11) is 0.